The van der Waals surface area contributed by atoms with E-state index in [1.807, 2.05) is 55.4 Å². The Hall–Kier alpha value is -1.81. The molecule has 8 nitrogen and oxygen atoms in total. The standard InChI is InChI=1S/C8H6N4S2.2C4H4N2S.4C2H6.CH4.HI/c1-3-9-7(10-4-1)13-14-8-11-5-2-6-12-8;2*7-4-5-2-1-3-6-4;4*1-2;;/h1-6H;2*1-3H,(H,5,6,7);4*1-2H3;1H4;1H. The molecule has 38 heavy (non-hydrogen) atoms. The number of hydrogen-bond acceptors (Lipinski definition) is 10. The van der Waals surface area contributed by atoms with Crippen molar-refractivity contribution in [2.75, 3.05) is 0 Å². The third kappa shape index (κ3) is 30.4. The molecule has 214 valence electrons. The fourth-order valence-corrected chi connectivity index (χ4v) is 3.14. The molecule has 4 aromatic rings. The molecule has 0 aliphatic heterocycles. The predicted molar refractivity (Wildman–Crippen MR) is 182 cm³/mol. The zero-order valence-corrected chi connectivity index (χ0v) is 28.2. The maximum atomic E-state index is 4.65. The molecule has 0 radical (unpaired) electrons. The van der Waals surface area contributed by atoms with Crippen LogP contribution < -0.4 is 0 Å². The Morgan fingerprint density at radius 2 is 0.763 bits per heavy atom. The minimum absolute atomic E-state index is 0. The monoisotopic (exact) mass is 710 g/mol. The summed E-state index contributed by atoms with van der Waals surface area (Å²) in [6, 6.07) is 7.15. The van der Waals surface area contributed by atoms with Crippen LogP contribution in [0.2, 0.25) is 0 Å². The number of H-pyrrole nitrogens is 2. The van der Waals surface area contributed by atoms with E-state index in [0.29, 0.717) is 19.9 Å². The second-order valence-electron chi connectivity index (χ2n) is 4.40. The van der Waals surface area contributed by atoms with Crippen LogP contribution in [-0.2, 0) is 0 Å². The summed E-state index contributed by atoms with van der Waals surface area (Å²) in [5.41, 5.74) is 0. The molecule has 0 atom stereocenters. The lowest BCUT2D eigenvalue weighted by Crippen LogP contribution is -1.83. The van der Waals surface area contributed by atoms with Crippen molar-refractivity contribution >= 4 is 70.0 Å². The Labute approximate surface area is 264 Å². The molecule has 0 amide bonds. The lowest BCUT2D eigenvalue weighted by atomic mass is 10.7. The van der Waals surface area contributed by atoms with Gasteiger partial charge in [-0.15, -0.1) is 24.0 Å². The predicted octanol–water partition coefficient (Wildman–Crippen LogP) is 9.70. The van der Waals surface area contributed by atoms with Crippen molar-refractivity contribution in [2.24, 2.45) is 0 Å². The van der Waals surface area contributed by atoms with E-state index in [4.69, 9.17) is 0 Å². The minimum atomic E-state index is 0. The first-order chi connectivity index (χ1) is 17.7. The van der Waals surface area contributed by atoms with E-state index >= 15 is 0 Å². The third-order valence-corrected chi connectivity index (χ3v) is 4.83. The number of hydrogen-bond donors (Lipinski definition) is 2. The van der Waals surface area contributed by atoms with Gasteiger partial charge >= 0.3 is 0 Å². The second-order valence-corrected chi connectivity index (χ2v) is 7.24. The second kappa shape index (κ2) is 39.7. The van der Waals surface area contributed by atoms with Gasteiger partial charge in [-0.2, -0.15) is 0 Å². The molecule has 0 saturated carbocycles. The van der Waals surface area contributed by atoms with Crippen LogP contribution in [0.5, 0.6) is 0 Å². The van der Waals surface area contributed by atoms with Crippen LogP contribution in [-0.4, -0.2) is 39.9 Å². The summed E-state index contributed by atoms with van der Waals surface area (Å²) in [5, 5.41) is 1.43. The first kappa shape index (κ1) is 46.1. The summed E-state index contributed by atoms with van der Waals surface area (Å²) in [5.74, 6) is 0. The van der Waals surface area contributed by atoms with Crippen LogP contribution in [0, 0.1) is 9.54 Å². The average molecular weight is 711 g/mol. The maximum Gasteiger partial charge on any atom is 0.198 e. The van der Waals surface area contributed by atoms with Gasteiger partial charge in [-0.25, -0.2) is 29.9 Å². The Kier molecular flexibility index (Phi) is 48.1. The molecular formula is C25H43IN8S4. The molecule has 2 N–H and O–H groups in total. The van der Waals surface area contributed by atoms with E-state index in [9.17, 15) is 0 Å². The van der Waals surface area contributed by atoms with E-state index in [2.05, 4.69) is 64.3 Å². The number of rotatable bonds is 3. The van der Waals surface area contributed by atoms with Crippen LogP contribution in [0.15, 0.2) is 84.2 Å². The largest absolute Gasteiger partial charge is 0.337 e. The van der Waals surface area contributed by atoms with Crippen molar-refractivity contribution in [3.63, 3.8) is 0 Å². The minimum Gasteiger partial charge on any atom is -0.337 e. The van der Waals surface area contributed by atoms with Crippen LogP contribution in [0.25, 0.3) is 0 Å². The lowest BCUT2D eigenvalue weighted by Gasteiger charge is -1.96. The van der Waals surface area contributed by atoms with Crippen molar-refractivity contribution in [3.8, 4) is 0 Å². The quantitative estimate of drug-likeness (QED) is 0.0923. The van der Waals surface area contributed by atoms with Gasteiger partial charge in [0.2, 0.25) is 0 Å². The molecule has 0 saturated heterocycles. The van der Waals surface area contributed by atoms with Crippen molar-refractivity contribution in [2.45, 2.75) is 73.1 Å². The van der Waals surface area contributed by atoms with Crippen LogP contribution in [0.1, 0.15) is 62.8 Å². The van der Waals surface area contributed by atoms with E-state index in [-0.39, 0.29) is 31.4 Å². The SMILES string of the molecule is C.CC.CC.CC.CC.I.S=c1nccc[nH]1.S=c1nccc[nH]1.c1cnc(SSc2ncccn2)nc1. The summed E-state index contributed by atoms with van der Waals surface area (Å²) >= 11 is 9.29. The van der Waals surface area contributed by atoms with Gasteiger partial charge in [-0.1, -0.05) is 62.8 Å². The normalized spacial score (nSPS) is 7.47. The molecule has 4 rings (SSSR count). The van der Waals surface area contributed by atoms with E-state index in [1.54, 1.807) is 73.8 Å². The lowest BCUT2D eigenvalue weighted by molar-refractivity contribution is 0.966. The molecule has 0 bridgehead atoms. The zero-order valence-electron chi connectivity index (χ0n) is 22.7. The van der Waals surface area contributed by atoms with Crippen molar-refractivity contribution in [3.05, 3.63) is 83.4 Å². The van der Waals surface area contributed by atoms with E-state index in [1.165, 1.54) is 21.6 Å². The topological polar surface area (TPSA) is 109 Å². The van der Waals surface area contributed by atoms with Gasteiger partial charge in [0.15, 0.2) is 19.9 Å². The van der Waals surface area contributed by atoms with Crippen molar-refractivity contribution in [1.82, 2.24) is 39.9 Å². The highest BCUT2D eigenvalue weighted by Gasteiger charge is 1.99. The van der Waals surface area contributed by atoms with Crippen LogP contribution in [0.4, 0.5) is 0 Å². The molecule has 0 aliphatic rings. The average Bonchev–Trinajstić information content (AvgIpc) is 2.99. The number of aromatic amines is 2. The Balaban J connectivity index is -0.000000131. The molecule has 13 heteroatoms. The van der Waals surface area contributed by atoms with Gasteiger partial charge in [0, 0.05) is 49.6 Å². The van der Waals surface area contributed by atoms with Gasteiger partial charge in [-0.05, 0) is 70.3 Å². The first-order valence-electron chi connectivity index (χ1n) is 11.6. The Bertz CT molecular complexity index is 920. The molecule has 0 spiro atoms. The Morgan fingerprint density at radius 1 is 0.500 bits per heavy atom. The molecule has 4 heterocycles. The number of nitrogens with zero attached hydrogens (tertiary/aromatic N) is 6. The van der Waals surface area contributed by atoms with E-state index < -0.39 is 0 Å². The summed E-state index contributed by atoms with van der Waals surface area (Å²) in [6.45, 7) is 16.0. The molecule has 0 aliphatic carbocycles. The highest BCUT2D eigenvalue weighted by Crippen LogP contribution is 2.31. The Morgan fingerprint density at radius 3 is 0.947 bits per heavy atom. The fourth-order valence-electron chi connectivity index (χ4n) is 1.35. The fraction of sp³-hybridized carbons (Fsp3) is 0.360. The van der Waals surface area contributed by atoms with Crippen LogP contribution in [0.3, 0.4) is 0 Å². The zero-order chi connectivity index (χ0) is 27.9. The number of nitrogens with one attached hydrogen (secondary N) is 2. The van der Waals surface area contributed by atoms with Gasteiger partial charge in [-0.3, -0.25) is 0 Å². The molecule has 0 aromatic carbocycles. The van der Waals surface area contributed by atoms with Gasteiger partial charge in [0.1, 0.15) is 0 Å². The van der Waals surface area contributed by atoms with E-state index in [0.717, 1.165) is 0 Å². The van der Waals surface area contributed by atoms with Crippen LogP contribution >= 0.6 is 70.0 Å². The van der Waals surface area contributed by atoms with Crippen molar-refractivity contribution in [1.29, 1.82) is 0 Å². The molecule has 0 unspecified atom stereocenters. The van der Waals surface area contributed by atoms with Gasteiger partial charge < -0.3 is 9.97 Å². The number of aromatic nitrogens is 8. The molecule has 0 fully saturated rings. The van der Waals surface area contributed by atoms with Gasteiger partial charge in [0.05, 0.1) is 0 Å². The number of halogens is 1. The smallest absolute Gasteiger partial charge is 0.198 e. The molecular weight excluding hydrogens is 668 g/mol. The summed E-state index contributed by atoms with van der Waals surface area (Å²) in [6.07, 6.45) is 13.6. The highest BCUT2D eigenvalue weighted by molar-refractivity contribution is 14.0. The summed E-state index contributed by atoms with van der Waals surface area (Å²) in [4.78, 5) is 29.2. The molecule has 4 aromatic heterocycles. The maximum absolute atomic E-state index is 4.65. The first-order valence-corrected chi connectivity index (χ1v) is 14.6. The third-order valence-electron chi connectivity index (χ3n) is 2.44. The van der Waals surface area contributed by atoms with Crippen molar-refractivity contribution < 1.29 is 0 Å². The van der Waals surface area contributed by atoms with Gasteiger partial charge in [0.25, 0.3) is 0 Å². The highest BCUT2D eigenvalue weighted by atomic mass is 127. The summed E-state index contributed by atoms with van der Waals surface area (Å²) in [7, 11) is 2.89. The summed E-state index contributed by atoms with van der Waals surface area (Å²) < 4.78 is 1.06.